The second-order valence-electron chi connectivity index (χ2n) is 5.08. The van der Waals surface area contributed by atoms with Crippen LogP contribution < -0.4 is 19.5 Å². The molecule has 0 fully saturated rings. The van der Waals surface area contributed by atoms with Crippen LogP contribution in [0.25, 0.3) is 0 Å². The van der Waals surface area contributed by atoms with Crippen LogP contribution in [-0.4, -0.2) is 34.4 Å². The smallest absolute Gasteiger partial charge is 0.203 e. The van der Waals surface area contributed by atoms with Gasteiger partial charge in [-0.25, -0.2) is 0 Å². The van der Waals surface area contributed by atoms with Crippen molar-refractivity contribution in [2.75, 3.05) is 34.4 Å². The molecule has 0 bridgehead atoms. The first-order valence-electron chi connectivity index (χ1n) is 6.51. The first kappa shape index (κ1) is 15.6. The highest BCUT2D eigenvalue weighted by Gasteiger charge is 2.24. The summed E-state index contributed by atoms with van der Waals surface area (Å²) in [7, 11) is 4.89. The second kappa shape index (κ2) is 6.66. The predicted molar refractivity (Wildman–Crippen MR) is 77.7 cm³/mol. The molecular formula is C15H25NO3. The summed E-state index contributed by atoms with van der Waals surface area (Å²) >= 11 is 0. The minimum Gasteiger partial charge on any atom is -0.493 e. The Kier molecular flexibility index (Phi) is 5.48. The van der Waals surface area contributed by atoms with Crippen molar-refractivity contribution in [3.63, 3.8) is 0 Å². The van der Waals surface area contributed by atoms with E-state index in [1.54, 1.807) is 21.3 Å². The Morgan fingerprint density at radius 1 is 1.00 bits per heavy atom. The van der Waals surface area contributed by atoms with E-state index in [0.29, 0.717) is 17.2 Å². The average Bonchev–Trinajstić information content (AvgIpc) is 2.43. The number of hydrogen-bond donors (Lipinski definition) is 1. The highest BCUT2D eigenvalue weighted by molar-refractivity contribution is 5.55. The number of ether oxygens (including phenoxy) is 3. The third-order valence-corrected chi connectivity index (χ3v) is 3.26. The van der Waals surface area contributed by atoms with Crippen molar-refractivity contribution < 1.29 is 14.2 Å². The molecule has 19 heavy (non-hydrogen) atoms. The number of benzene rings is 1. The molecule has 0 spiro atoms. The molecule has 0 aliphatic rings. The van der Waals surface area contributed by atoms with Gasteiger partial charge in [-0.3, -0.25) is 0 Å². The normalized spacial score (nSPS) is 11.3. The Balaban J connectivity index is 3.22. The Labute approximate surface area is 116 Å². The van der Waals surface area contributed by atoms with Gasteiger partial charge in [0.25, 0.3) is 0 Å². The molecule has 0 atom stereocenters. The SMILES string of the molecule is CCNCC(C)(C)c1cc(OC)c(OC)c(OC)c1. The zero-order valence-electron chi connectivity index (χ0n) is 12.8. The van der Waals surface area contributed by atoms with Gasteiger partial charge in [-0.1, -0.05) is 20.8 Å². The summed E-state index contributed by atoms with van der Waals surface area (Å²) in [5, 5.41) is 3.38. The van der Waals surface area contributed by atoms with Crippen molar-refractivity contribution in [1.82, 2.24) is 5.32 Å². The van der Waals surface area contributed by atoms with Gasteiger partial charge in [-0.15, -0.1) is 0 Å². The number of methoxy groups -OCH3 is 3. The van der Waals surface area contributed by atoms with Crippen molar-refractivity contribution >= 4 is 0 Å². The van der Waals surface area contributed by atoms with E-state index in [1.807, 2.05) is 12.1 Å². The molecule has 0 aliphatic heterocycles. The predicted octanol–water partition coefficient (Wildman–Crippen LogP) is 2.60. The van der Waals surface area contributed by atoms with Crippen LogP contribution in [0.15, 0.2) is 12.1 Å². The lowest BCUT2D eigenvalue weighted by Crippen LogP contribution is -2.32. The van der Waals surface area contributed by atoms with E-state index >= 15 is 0 Å². The quantitative estimate of drug-likeness (QED) is 0.824. The summed E-state index contributed by atoms with van der Waals surface area (Å²) in [6.45, 7) is 8.33. The van der Waals surface area contributed by atoms with Gasteiger partial charge >= 0.3 is 0 Å². The molecular weight excluding hydrogens is 242 g/mol. The molecule has 0 saturated carbocycles. The Hall–Kier alpha value is -1.42. The summed E-state index contributed by atoms with van der Waals surface area (Å²) < 4.78 is 16.1. The van der Waals surface area contributed by atoms with Crippen molar-refractivity contribution in [2.24, 2.45) is 0 Å². The largest absolute Gasteiger partial charge is 0.493 e. The Morgan fingerprint density at radius 2 is 1.53 bits per heavy atom. The topological polar surface area (TPSA) is 39.7 Å². The molecule has 4 nitrogen and oxygen atoms in total. The molecule has 0 saturated heterocycles. The van der Waals surface area contributed by atoms with Gasteiger partial charge in [-0.2, -0.15) is 0 Å². The molecule has 1 N–H and O–H groups in total. The minimum absolute atomic E-state index is 0.0111. The van der Waals surface area contributed by atoms with Gasteiger partial charge in [0.15, 0.2) is 11.5 Å². The van der Waals surface area contributed by atoms with Gasteiger partial charge in [0.1, 0.15) is 0 Å². The second-order valence-corrected chi connectivity index (χ2v) is 5.08. The first-order chi connectivity index (χ1) is 9.00. The number of nitrogens with one attached hydrogen (secondary N) is 1. The monoisotopic (exact) mass is 267 g/mol. The summed E-state index contributed by atoms with van der Waals surface area (Å²) in [6, 6.07) is 4.03. The number of likely N-dealkylation sites (N-methyl/N-ethyl adjacent to an activating group) is 1. The van der Waals surface area contributed by atoms with Crippen LogP contribution in [0, 0.1) is 0 Å². The van der Waals surface area contributed by atoms with Crippen molar-refractivity contribution in [2.45, 2.75) is 26.2 Å². The molecule has 0 amide bonds. The number of hydrogen-bond acceptors (Lipinski definition) is 4. The summed E-state index contributed by atoms with van der Waals surface area (Å²) in [4.78, 5) is 0. The fraction of sp³-hybridized carbons (Fsp3) is 0.600. The van der Waals surface area contributed by atoms with E-state index in [1.165, 1.54) is 0 Å². The lowest BCUT2D eigenvalue weighted by atomic mass is 9.84. The van der Waals surface area contributed by atoms with Crippen LogP contribution in [0.4, 0.5) is 0 Å². The Morgan fingerprint density at radius 3 is 1.89 bits per heavy atom. The molecule has 0 heterocycles. The van der Waals surface area contributed by atoms with E-state index in [9.17, 15) is 0 Å². The van der Waals surface area contributed by atoms with Gasteiger partial charge in [0.2, 0.25) is 5.75 Å². The highest BCUT2D eigenvalue weighted by Crippen LogP contribution is 2.41. The maximum absolute atomic E-state index is 5.39. The third kappa shape index (κ3) is 3.53. The maximum Gasteiger partial charge on any atom is 0.203 e. The summed E-state index contributed by atoms with van der Waals surface area (Å²) in [5.74, 6) is 2.02. The Bertz CT molecular complexity index is 391. The maximum atomic E-state index is 5.39. The van der Waals surface area contributed by atoms with Crippen LogP contribution in [0.3, 0.4) is 0 Å². The van der Waals surface area contributed by atoms with E-state index in [-0.39, 0.29) is 5.41 Å². The first-order valence-corrected chi connectivity index (χ1v) is 6.51. The molecule has 1 aromatic carbocycles. The van der Waals surface area contributed by atoms with E-state index in [4.69, 9.17) is 14.2 Å². The molecule has 0 unspecified atom stereocenters. The number of rotatable bonds is 7. The molecule has 108 valence electrons. The van der Waals surface area contributed by atoms with Crippen molar-refractivity contribution in [3.05, 3.63) is 17.7 Å². The fourth-order valence-corrected chi connectivity index (χ4v) is 2.01. The van der Waals surface area contributed by atoms with E-state index in [0.717, 1.165) is 18.7 Å². The fourth-order valence-electron chi connectivity index (χ4n) is 2.01. The van der Waals surface area contributed by atoms with Gasteiger partial charge in [0, 0.05) is 12.0 Å². The summed E-state index contributed by atoms with van der Waals surface area (Å²) in [6.07, 6.45) is 0. The zero-order chi connectivity index (χ0) is 14.5. The van der Waals surface area contributed by atoms with Crippen LogP contribution in [-0.2, 0) is 5.41 Å². The minimum atomic E-state index is -0.0111. The van der Waals surface area contributed by atoms with Crippen LogP contribution in [0.1, 0.15) is 26.3 Å². The molecule has 0 aliphatic carbocycles. The van der Waals surface area contributed by atoms with E-state index < -0.39 is 0 Å². The summed E-state index contributed by atoms with van der Waals surface area (Å²) in [5.41, 5.74) is 1.14. The van der Waals surface area contributed by atoms with Crippen molar-refractivity contribution in [3.8, 4) is 17.2 Å². The lowest BCUT2D eigenvalue weighted by Gasteiger charge is -2.27. The zero-order valence-corrected chi connectivity index (χ0v) is 12.8. The van der Waals surface area contributed by atoms with E-state index in [2.05, 4.69) is 26.1 Å². The van der Waals surface area contributed by atoms with Crippen LogP contribution in [0.2, 0.25) is 0 Å². The standard InChI is InChI=1S/C15H25NO3/c1-7-16-10-15(2,3)11-8-12(17-4)14(19-6)13(9-11)18-5/h8-9,16H,7,10H2,1-6H3. The molecule has 1 rings (SSSR count). The highest BCUT2D eigenvalue weighted by atomic mass is 16.5. The molecule has 1 aromatic rings. The molecule has 0 aromatic heterocycles. The lowest BCUT2D eigenvalue weighted by molar-refractivity contribution is 0.322. The van der Waals surface area contributed by atoms with Gasteiger partial charge in [0.05, 0.1) is 21.3 Å². The third-order valence-electron chi connectivity index (χ3n) is 3.26. The molecule has 0 radical (unpaired) electrons. The van der Waals surface area contributed by atoms with Crippen LogP contribution in [0.5, 0.6) is 17.2 Å². The van der Waals surface area contributed by atoms with Crippen LogP contribution >= 0.6 is 0 Å². The van der Waals surface area contributed by atoms with Crippen molar-refractivity contribution in [1.29, 1.82) is 0 Å². The average molecular weight is 267 g/mol. The van der Waals surface area contributed by atoms with Gasteiger partial charge in [-0.05, 0) is 24.2 Å². The van der Waals surface area contributed by atoms with Gasteiger partial charge < -0.3 is 19.5 Å². The molecule has 4 heteroatoms.